The third-order valence-corrected chi connectivity index (χ3v) is 18.2. The van der Waals surface area contributed by atoms with Crippen LogP contribution in [-0.4, -0.2) is 35.5 Å². The number of benzene rings is 12. The molecule has 0 N–H and O–H groups in total. The number of nitrogens with zero attached hydrogens (tertiary/aromatic N) is 4. The van der Waals surface area contributed by atoms with E-state index >= 15 is 0 Å². The Morgan fingerprint density at radius 2 is 0.387 bits per heavy atom. The first-order valence-corrected chi connectivity index (χ1v) is 31.8. The van der Waals surface area contributed by atoms with E-state index in [1.807, 2.05) is 60.7 Å². The molecule has 9 heteroatoms. The maximum atomic E-state index is 5.64. The number of hydrogen-bond acceptors (Lipinski definition) is 9. The topological polar surface area (TPSA) is 59.1 Å². The molecule has 12 aromatic carbocycles. The Morgan fingerprint density at radius 3 is 0.581 bits per heavy atom. The first-order chi connectivity index (χ1) is 45.7. The molecular weight excluding hydrogens is 1140 g/mol. The fourth-order valence-electron chi connectivity index (χ4n) is 13.1. The van der Waals surface area contributed by atoms with Gasteiger partial charge >= 0.3 is 0 Å². The number of aryl methyl sites for hydroxylation is 1. The summed E-state index contributed by atoms with van der Waals surface area (Å²) in [6, 6.07) is 104. The van der Waals surface area contributed by atoms with E-state index in [0.29, 0.717) is 0 Å². The molecule has 13 rings (SSSR count). The summed E-state index contributed by atoms with van der Waals surface area (Å²) in [4.78, 5) is 9.19. The summed E-state index contributed by atoms with van der Waals surface area (Å²) < 4.78 is 27.6. The summed E-state index contributed by atoms with van der Waals surface area (Å²) in [6.07, 6.45) is 5.76. The smallest absolute Gasteiger partial charge is 0.119 e. The maximum absolute atomic E-state index is 5.64. The van der Waals surface area contributed by atoms with Gasteiger partial charge in [-0.1, -0.05) is 110 Å². The largest absolute Gasteiger partial charge is 0.497 e. The van der Waals surface area contributed by atoms with Crippen LogP contribution in [0.5, 0.6) is 28.7 Å². The second-order valence-electron chi connectivity index (χ2n) is 23.6. The van der Waals surface area contributed by atoms with Crippen molar-refractivity contribution >= 4 is 68.2 Å². The lowest BCUT2D eigenvalue weighted by Crippen LogP contribution is -2.30. The van der Waals surface area contributed by atoms with Gasteiger partial charge < -0.3 is 43.3 Å². The van der Waals surface area contributed by atoms with E-state index in [2.05, 4.69) is 257 Å². The van der Waals surface area contributed by atoms with Crippen LogP contribution in [0.1, 0.15) is 48.8 Å². The molecular formula is C84H76N4O5. The molecule has 9 nitrogen and oxygen atoms in total. The summed E-state index contributed by atoms with van der Waals surface area (Å²) in [7, 11) is 8.48. The Kier molecular flexibility index (Phi) is 18.0. The average molecular weight is 1220 g/mol. The highest BCUT2D eigenvalue weighted by atomic mass is 16.5. The van der Waals surface area contributed by atoms with E-state index in [4.69, 9.17) is 23.7 Å². The molecule has 12 aromatic rings. The predicted molar refractivity (Wildman–Crippen MR) is 384 cm³/mol. The third kappa shape index (κ3) is 13.0. The molecule has 462 valence electrons. The van der Waals surface area contributed by atoms with Crippen molar-refractivity contribution in [2.45, 2.75) is 44.4 Å². The first kappa shape index (κ1) is 60.7. The lowest BCUT2D eigenvalue weighted by molar-refractivity contribution is 0.346. The van der Waals surface area contributed by atoms with Crippen LogP contribution in [0, 0.1) is 6.92 Å². The van der Waals surface area contributed by atoms with Crippen LogP contribution in [0.4, 0.5) is 68.2 Å². The van der Waals surface area contributed by atoms with Gasteiger partial charge in [0.05, 0.1) is 35.5 Å². The molecule has 0 spiro atoms. The summed E-state index contributed by atoms with van der Waals surface area (Å²) in [5, 5.41) is 0. The molecule has 0 atom stereocenters. The van der Waals surface area contributed by atoms with Gasteiger partial charge in [0.2, 0.25) is 0 Å². The Morgan fingerprint density at radius 1 is 0.215 bits per heavy atom. The number of ether oxygens (including phenoxy) is 5. The van der Waals surface area contributed by atoms with Crippen molar-refractivity contribution < 1.29 is 23.7 Å². The molecule has 0 bridgehead atoms. The van der Waals surface area contributed by atoms with Gasteiger partial charge in [0, 0.05) is 73.7 Å². The monoisotopic (exact) mass is 1220 g/mol. The Balaban J connectivity index is 0.766. The van der Waals surface area contributed by atoms with Crippen molar-refractivity contribution in [2.24, 2.45) is 0 Å². The average Bonchev–Trinajstić information content (AvgIpc) is 0.834. The predicted octanol–water partition coefficient (Wildman–Crippen LogP) is 22.5. The van der Waals surface area contributed by atoms with Gasteiger partial charge in [0.25, 0.3) is 0 Å². The number of methoxy groups -OCH3 is 5. The van der Waals surface area contributed by atoms with Crippen LogP contribution < -0.4 is 43.3 Å². The molecule has 1 saturated carbocycles. The van der Waals surface area contributed by atoms with Gasteiger partial charge in [-0.05, 0) is 259 Å². The minimum atomic E-state index is -0.135. The van der Waals surface area contributed by atoms with E-state index in [9.17, 15) is 0 Å². The van der Waals surface area contributed by atoms with Crippen molar-refractivity contribution in [1.82, 2.24) is 0 Å². The molecule has 1 aliphatic rings. The molecule has 0 amide bonds. The minimum Gasteiger partial charge on any atom is -0.497 e. The van der Waals surface area contributed by atoms with Crippen LogP contribution in [0.15, 0.2) is 291 Å². The summed E-state index contributed by atoms with van der Waals surface area (Å²) >= 11 is 0. The number of anilines is 12. The lowest BCUT2D eigenvalue weighted by Gasteiger charge is -2.39. The zero-order valence-corrected chi connectivity index (χ0v) is 53.6. The van der Waals surface area contributed by atoms with Crippen LogP contribution in [0.25, 0.3) is 22.3 Å². The van der Waals surface area contributed by atoms with E-state index in [1.54, 1.807) is 35.5 Å². The van der Waals surface area contributed by atoms with Gasteiger partial charge in [0.15, 0.2) is 0 Å². The zero-order chi connectivity index (χ0) is 63.7. The van der Waals surface area contributed by atoms with Crippen molar-refractivity contribution in [1.29, 1.82) is 0 Å². The minimum absolute atomic E-state index is 0.135. The standard InChI is InChI=1S/C84H76N4O5/c1-60-10-24-67(25-11-60)85(68-26-12-61(13-27-68)63-16-30-70(31-17-63)87(75-40-50-80(90-3)51-41-75)76-42-52-81(91-4)53-43-76)72-34-20-65(21-35-72)84(58-8-7-9-59-84)66-22-36-73(37-23-66)86(74-38-48-79(89-2)49-39-74)69-28-14-62(15-29-69)64-18-32-71(33-19-64)88(77-44-54-82(92-5)55-45-77)78-46-56-83(93-6)57-47-78/h10-57H,7-9,58-59H2,1-6H3. The van der Waals surface area contributed by atoms with Gasteiger partial charge in [0.1, 0.15) is 28.7 Å². The van der Waals surface area contributed by atoms with Gasteiger partial charge in [-0.3, -0.25) is 0 Å². The van der Waals surface area contributed by atoms with E-state index in [-0.39, 0.29) is 5.41 Å². The normalized spacial score (nSPS) is 12.5. The Labute approximate surface area is 547 Å². The summed E-state index contributed by atoms with van der Waals surface area (Å²) in [6.45, 7) is 2.14. The number of hydrogen-bond donors (Lipinski definition) is 0. The van der Waals surface area contributed by atoms with E-state index in [0.717, 1.165) is 132 Å². The van der Waals surface area contributed by atoms with Crippen LogP contribution >= 0.6 is 0 Å². The zero-order valence-electron chi connectivity index (χ0n) is 53.6. The molecule has 0 aliphatic heterocycles. The Hall–Kier alpha value is -11.2. The molecule has 0 unspecified atom stereocenters. The van der Waals surface area contributed by atoms with Crippen molar-refractivity contribution in [3.63, 3.8) is 0 Å². The van der Waals surface area contributed by atoms with Crippen LogP contribution in [-0.2, 0) is 5.41 Å². The highest BCUT2D eigenvalue weighted by Gasteiger charge is 2.36. The van der Waals surface area contributed by atoms with Crippen molar-refractivity contribution in [3.8, 4) is 51.0 Å². The number of rotatable bonds is 21. The maximum Gasteiger partial charge on any atom is 0.119 e. The van der Waals surface area contributed by atoms with E-state index < -0.39 is 0 Å². The molecule has 0 heterocycles. The summed E-state index contributed by atoms with van der Waals surface area (Å²) in [5.41, 5.74) is 21.0. The molecule has 1 fully saturated rings. The Bertz CT molecular complexity index is 4270. The third-order valence-electron chi connectivity index (χ3n) is 18.2. The molecule has 0 aromatic heterocycles. The molecule has 1 aliphatic carbocycles. The summed E-state index contributed by atoms with van der Waals surface area (Å²) in [5.74, 6) is 4.06. The van der Waals surface area contributed by atoms with Crippen LogP contribution in [0.2, 0.25) is 0 Å². The SMILES string of the molecule is COc1ccc(N(c2ccc(OC)cc2)c2ccc(-c3ccc(N(c4ccc(C)cc4)c4ccc(C5(c6ccc(N(c7ccc(OC)cc7)c7ccc(-c8ccc(N(c9ccc(OC)cc9)c9ccc(OC)cc9)cc8)cc7)cc6)CCCCC5)cc4)cc3)cc2)cc1. The van der Waals surface area contributed by atoms with Gasteiger partial charge in [-0.25, -0.2) is 0 Å². The van der Waals surface area contributed by atoms with Crippen LogP contribution in [0.3, 0.4) is 0 Å². The molecule has 0 saturated heterocycles. The van der Waals surface area contributed by atoms with Gasteiger partial charge in [-0.2, -0.15) is 0 Å². The highest BCUT2D eigenvalue weighted by molar-refractivity contribution is 5.84. The molecule has 0 radical (unpaired) electrons. The van der Waals surface area contributed by atoms with Crippen molar-refractivity contribution in [3.05, 3.63) is 308 Å². The second kappa shape index (κ2) is 27.5. The molecule has 93 heavy (non-hydrogen) atoms. The fourth-order valence-corrected chi connectivity index (χ4v) is 13.1. The fraction of sp³-hybridized carbons (Fsp3) is 0.143. The first-order valence-electron chi connectivity index (χ1n) is 31.8. The van der Waals surface area contributed by atoms with Gasteiger partial charge in [-0.15, -0.1) is 0 Å². The highest BCUT2D eigenvalue weighted by Crippen LogP contribution is 2.48. The van der Waals surface area contributed by atoms with E-state index in [1.165, 1.54) is 36.0 Å². The quantitative estimate of drug-likeness (QED) is 0.0700. The van der Waals surface area contributed by atoms with Crippen molar-refractivity contribution in [2.75, 3.05) is 55.1 Å². The second-order valence-corrected chi connectivity index (χ2v) is 23.6. The lowest BCUT2D eigenvalue weighted by atomic mass is 9.65.